The first-order valence-corrected chi connectivity index (χ1v) is 7.01. The van der Waals surface area contributed by atoms with Crippen LogP contribution in [0.25, 0.3) is 5.69 Å². The summed E-state index contributed by atoms with van der Waals surface area (Å²) in [6.45, 7) is 3.48. The van der Waals surface area contributed by atoms with Gasteiger partial charge in [-0.05, 0) is 34.5 Å². The number of aryl methyl sites for hydroxylation is 1. The number of tetrazole rings is 1. The van der Waals surface area contributed by atoms with E-state index in [0.29, 0.717) is 13.2 Å². The molecule has 3 heterocycles. The first-order valence-electron chi connectivity index (χ1n) is 7.01. The molecule has 1 aromatic carbocycles. The lowest BCUT2D eigenvalue weighted by Gasteiger charge is -2.39. The normalized spacial score (nSPS) is 19.2. The molecule has 2 aliphatic rings. The largest absolute Gasteiger partial charge is 0.477 e. The summed E-state index contributed by atoms with van der Waals surface area (Å²) in [5.74, 6) is 1.64. The van der Waals surface area contributed by atoms with Gasteiger partial charge >= 0.3 is 0 Å². The van der Waals surface area contributed by atoms with Crippen LogP contribution in [-0.4, -0.2) is 33.4 Å². The highest BCUT2D eigenvalue weighted by Gasteiger charge is 2.45. The molecular weight excluding hydrogens is 256 g/mol. The lowest BCUT2D eigenvalue weighted by atomic mass is 9.91. The second kappa shape index (κ2) is 4.28. The fraction of sp³-hybridized carbons (Fsp3) is 0.500. The summed E-state index contributed by atoms with van der Waals surface area (Å²) in [6, 6.07) is 6.22. The van der Waals surface area contributed by atoms with Crippen LogP contribution in [0.5, 0.6) is 5.75 Å². The molecule has 1 fully saturated rings. The Bertz CT molecular complexity index is 646. The zero-order valence-corrected chi connectivity index (χ0v) is 11.4. The number of benzene rings is 1. The molecule has 0 bridgehead atoms. The van der Waals surface area contributed by atoms with E-state index in [2.05, 4.69) is 34.6 Å². The SMILES string of the molecule is CCc1ccc2c(c1)-n1nnnc1C1(CCOCC1)O2. The van der Waals surface area contributed by atoms with Crippen molar-refractivity contribution in [1.29, 1.82) is 0 Å². The Kier molecular flexibility index (Phi) is 2.53. The lowest BCUT2D eigenvalue weighted by molar-refractivity contribution is -0.0610. The molecule has 1 saturated heterocycles. The maximum Gasteiger partial charge on any atom is 0.200 e. The molecule has 0 atom stereocenters. The van der Waals surface area contributed by atoms with Crippen LogP contribution in [0.1, 0.15) is 31.2 Å². The highest BCUT2D eigenvalue weighted by atomic mass is 16.5. The van der Waals surface area contributed by atoms with Gasteiger partial charge in [0.15, 0.2) is 5.60 Å². The van der Waals surface area contributed by atoms with E-state index in [1.807, 2.05) is 10.7 Å². The van der Waals surface area contributed by atoms with Crippen LogP contribution in [0.3, 0.4) is 0 Å². The molecule has 104 valence electrons. The minimum absolute atomic E-state index is 0.442. The average Bonchev–Trinajstić information content (AvgIpc) is 2.99. The van der Waals surface area contributed by atoms with Gasteiger partial charge in [0.25, 0.3) is 0 Å². The van der Waals surface area contributed by atoms with Crippen LogP contribution in [0.4, 0.5) is 0 Å². The van der Waals surface area contributed by atoms with Gasteiger partial charge in [0.2, 0.25) is 5.82 Å². The molecule has 2 aliphatic heterocycles. The molecule has 0 N–H and O–H groups in total. The van der Waals surface area contributed by atoms with E-state index >= 15 is 0 Å². The summed E-state index contributed by atoms with van der Waals surface area (Å²) in [5.41, 5.74) is 1.74. The van der Waals surface area contributed by atoms with E-state index in [1.165, 1.54) is 5.56 Å². The summed E-state index contributed by atoms with van der Waals surface area (Å²) >= 11 is 0. The Balaban J connectivity index is 1.88. The van der Waals surface area contributed by atoms with Crippen LogP contribution >= 0.6 is 0 Å². The third kappa shape index (κ3) is 1.57. The zero-order chi connectivity index (χ0) is 13.6. The van der Waals surface area contributed by atoms with Crippen LogP contribution in [0, 0.1) is 0 Å². The minimum Gasteiger partial charge on any atom is -0.477 e. The van der Waals surface area contributed by atoms with Crippen molar-refractivity contribution in [2.75, 3.05) is 13.2 Å². The fourth-order valence-corrected chi connectivity index (χ4v) is 2.95. The second-order valence-corrected chi connectivity index (χ2v) is 5.28. The standard InChI is InChI=1S/C14H16N4O2/c1-2-10-3-4-12-11(9-10)18-13(15-16-17-18)14(20-12)5-7-19-8-6-14/h3-4,9H,2,5-8H2,1H3. The highest BCUT2D eigenvalue weighted by molar-refractivity contribution is 5.51. The van der Waals surface area contributed by atoms with Crippen molar-refractivity contribution in [3.05, 3.63) is 29.6 Å². The van der Waals surface area contributed by atoms with Crippen molar-refractivity contribution in [2.24, 2.45) is 0 Å². The maximum atomic E-state index is 6.30. The Labute approximate surface area is 116 Å². The molecular formula is C14H16N4O2. The first kappa shape index (κ1) is 11.8. The average molecular weight is 272 g/mol. The summed E-state index contributed by atoms with van der Waals surface area (Å²) in [7, 11) is 0. The van der Waals surface area contributed by atoms with Crippen LogP contribution in [0.2, 0.25) is 0 Å². The molecule has 6 heteroatoms. The van der Waals surface area contributed by atoms with Gasteiger partial charge in [-0.2, -0.15) is 4.68 Å². The lowest BCUT2D eigenvalue weighted by Crippen LogP contribution is -2.44. The molecule has 0 amide bonds. The van der Waals surface area contributed by atoms with Crippen molar-refractivity contribution >= 4 is 0 Å². The van der Waals surface area contributed by atoms with Gasteiger partial charge in [-0.3, -0.25) is 0 Å². The molecule has 6 nitrogen and oxygen atoms in total. The smallest absolute Gasteiger partial charge is 0.200 e. The van der Waals surface area contributed by atoms with E-state index in [-0.39, 0.29) is 0 Å². The molecule has 2 aromatic rings. The van der Waals surface area contributed by atoms with Crippen molar-refractivity contribution in [1.82, 2.24) is 20.2 Å². The fourth-order valence-electron chi connectivity index (χ4n) is 2.95. The Morgan fingerprint density at radius 2 is 2.15 bits per heavy atom. The Hall–Kier alpha value is -1.95. The van der Waals surface area contributed by atoms with Gasteiger partial charge in [0.05, 0.1) is 13.2 Å². The molecule has 0 radical (unpaired) electrons. The van der Waals surface area contributed by atoms with Gasteiger partial charge < -0.3 is 9.47 Å². The highest BCUT2D eigenvalue weighted by Crippen LogP contribution is 2.43. The molecule has 1 spiro atoms. The number of hydrogen-bond donors (Lipinski definition) is 0. The van der Waals surface area contributed by atoms with Crippen LogP contribution in [0.15, 0.2) is 18.2 Å². The second-order valence-electron chi connectivity index (χ2n) is 5.28. The quantitative estimate of drug-likeness (QED) is 0.789. The van der Waals surface area contributed by atoms with Crippen molar-refractivity contribution in [3.8, 4) is 11.4 Å². The van der Waals surface area contributed by atoms with E-state index in [9.17, 15) is 0 Å². The number of ether oxygens (including phenoxy) is 2. The zero-order valence-electron chi connectivity index (χ0n) is 11.4. The summed E-state index contributed by atoms with van der Waals surface area (Å²) in [4.78, 5) is 0. The van der Waals surface area contributed by atoms with Crippen molar-refractivity contribution < 1.29 is 9.47 Å². The van der Waals surface area contributed by atoms with Gasteiger partial charge in [-0.15, -0.1) is 5.10 Å². The monoisotopic (exact) mass is 272 g/mol. The Morgan fingerprint density at radius 1 is 1.30 bits per heavy atom. The third-order valence-corrected chi connectivity index (χ3v) is 4.14. The summed E-state index contributed by atoms with van der Waals surface area (Å²) in [6.07, 6.45) is 2.54. The topological polar surface area (TPSA) is 62.1 Å². The number of rotatable bonds is 1. The summed E-state index contributed by atoms with van der Waals surface area (Å²) < 4.78 is 13.6. The number of hydrogen-bond acceptors (Lipinski definition) is 5. The molecule has 0 aliphatic carbocycles. The van der Waals surface area contributed by atoms with E-state index in [4.69, 9.17) is 9.47 Å². The van der Waals surface area contributed by atoms with Gasteiger partial charge in [0, 0.05) is 12.8 Å². The Morgan fingerprint density at radius 3 is 2.95 bits per heavy atom. The predicted octanol–water partition coefficient (Wildman–Crippen LogP) is 1.62. The maximum absolute atomic E-state index is 6.30. The summed E-state index contributed by atoms with van der Waals surface area (Å²) in [5, 5.41) is 12.2. The minimum atomic E-state index is -0.442. The van der Waals surface area contributed by atoms with E-state index in [0.717, 1.165) is 36.5 Å². The molecule has 20 heavy (non-hydrogen) atoms. The van der Waals surface area contributed by atoms with Crippen LogP contribution in [-0.2, 0) is 16.8 Å². The number of aromatic nitrogens is 4. The third-order valence-electron chi connectivity index (χ3n) is 4.14. The molecule has 0 unspecified atom stereocenters. The van der Waals surface area contributed by atoms with E-state index < -0.39 is 5.60 Å². The molecule has 0 saturated carbocycles. The first-order chi connectivity index (χ1) is 9.82. The molecule has 4 rings (SSSR count). The predicted molar refractivity (Wildman–Crippen MR) is 70.9 cm³/mol. The molecule has 1 aromatic heterocycles. The van der Waals surface area contributed by atoms with Crippen molar-refractivity contribution in [2.45, 2.75) is 31.8 Å². The number of fused-ring (bicyclic) bond motifs is 4. The number of nitrogens with zero attached hydrogens (tertiary/aromatic N) is 4. The van der Waals surface area contributed by atoms with Gasteiger partial charge in [-0.1, -0.05) is 13.0 Å². The van der Waals surface area contributed by atoms with Gasteiger partial charge in [0.1, 0.15) is 11.4 Å². The van der Waals surface area contributed by atoms with Gasteiger partial charge in [-0.25, -0.2) is 0 Å². The van der Waals surface area contributed by atoms with E-state index in [1.54, 1.807) is 0 Å². The van der Waals surface area contributed by atoms with Crippen LogP contribution < -0.4 is 4.74 Å². The van der Waals surface area contributed by atoms with Crippen molar-refractivity contribution in [3.63, 3.8) is 0 Å².